The first-order chi connectivity index (χ1) is 9.61. The maximum atomic E-state index is 6.06. The van der Waals surface area contributed by atoms with Crippen LogP contribution in [0.3, 0.4) is 0 Å². The predicted octanol–water partition coefficient (Wildman–Crippen LogP) is 4.10. The summed E-state index contributed by atoms with van der Waals surface area (Å²) in [4.78, 5) is 7.95. The van der Waals surface area contributed by atoms with Crippen LogP contribution in [0.1, 0.15) is 30.3 Å². The molecule has 0 bridgehead atoms. The van der Waals surface area contributed by atoms with E-state index in [0.717, 1.165) is 23.2 Å². The molecule has 0 aliphatic rings. The van der Waals surface area contributed by atoms with Crippen LogP contribution in [0.4, 0.5) is 5.13 Å². The van der Waals surface area contributed by atoms with Crippen molar-refractivity contribution in [2.24, 2.45) is 0 Å². The SMILES string of the molecule is CCNCc1cnc(N(C)C(C)c2cccc(Cl)c2)s1. The van der Waals surface area contributed by atoms with Gasteiger partial charge in [-0.05, 0) is 31.2 Å². The van der Waals surface area contributed by atoms with Gasteiger partial charge in [0.1, 0.15) is 0 Å². The fourth-order valence-electron chi connectivity index (χ4n) is 1.95. The number of rotatable bonds is 6. The van der Waals surface area contributed by atoms with Crippen LogP contribution in [0.25, 0.3) is 0 Å². The van der Waals surface area contributed by atoms with Gasteiger partial charge in [0.15, 0.2) is 5.13 Å². The van der Waals surface area contributed by atoms with Crippen LogP contribution in [0.5, 0.6) is 0 Å². The van der Waals surface area contributed by atoms with E-state index in [2.05, 4.69) is 42.2 Å². The van der Waals surface area contributed by atoms with E-state index in [1.54, 1.807) is 11.3 Å². The highest BCUT2D eigenvalue weighted by atomic mass is 35.5. The van der Waals surface area contributed by atoms with Crippen LogP contribution < -0.4 is 10.2 Å². The smallest absolute Gasteiger partial charge is 0.185 e. The van der Waals surface area contributed by atoms with Gasteiger partial charge in [-0.15, -0.1) is 11.3 Å². The summed E-state index contributed by atoms with van der Waals surface area (Å²) in [5.74, 6) is 0. The molecular weight excluding hydrogens is 290 g/mol. The largest absolute Gasteiger partial charge is 0.344 e. The standard InChI is InChI=1S/C15H20ClN3S/c1-4-17-9-14-10-18-15(20-14)19(3)11(2)12-6-5-7-13(16)8-12/h5-8,10-11,17H,4,9H2,1-3H3. The van der Waals surface area contributed by atoms with Crippen molar-refractivity contribution in [2.75, 3.05) is 18.5 Å². The summed E-state index contributed by atoms with van der Waals surface area (Å²) in [7, 11) is 2.07. The highest BCUT2D eigenvalue weighted by Gasteiger charge is 2.15. The summed E-state index contributed by atoms with van der Waals surface area (Å²) in [6.07, 6.45) is 1.95. The zero-order chi connectivity index (χ0) is 14.5. The summed E-state index contributed by atoms with van der Waals surface area (Å²) >= 11 is 7.79. The van der Waals surface area contributed by atoms with Crippen LogP contribution in [0, 0.1) is 0 Å². The van der Waals surface area contributed by atoms with E-state index in [0.29, 0.717) is 0 Å². The molecule has 5 heteroatoms. The number of benzene rings is 1. The Kier molecular flexibility index (Phi) is 5.40. The van der Waals surface area contributed by atoms with Crippen LogP contribution in [-0.4, -0.2) is 18.6 Å². The van der Waals surface area contributed by atoms with Crippen molar-refractivity contribution in [1.29, 1.82) is 0 Å². The lowest BCUT2D eigenvalue weighted by Gasteiger charge is -2.24. The Hall–Kier alpha value is -1.10. The third-order valence-electron chi connectivity index (χ3n) is 3.30. The molecule has 1 aromatic heterocycles. The third-order valence-corrected chi connectivity index (χ3v) is 4.63. The van der Waals surface area contributed by atoms with Gasteiger partial charge in [-0.25, -0.2) is 4.98 Å². The summed E-state index contributed by atoms with van der Waals surface area (Å²) in [6.45, 7) is 6.13. The minimum atomic E-state index is 0.242. The summed E-state index contributed by atoms with van der Waals surface area (Å²) < 4.78 is 0. The Balaban J connectivity index is 2.10. The average Bonchev–Trinajstić information content (AvgIpc) is 2.92. The van der Waals surface area contributed by atoms with Crippen molar-refractivity contribution in [1.82, 2.24) is 10.3 Å². The van der Waals surface area contributed by atoms with Crippen molar-refractivity contribution in [2.45, 2.75) is 26.4 Å². The maximum absolute atomic E-state index is 6.06. The molecule has 2 aromatic rings. The number of hydrogen-bond acceptors (Lipinski definition) is 4. The van der Waals surface area contributed by atoms with Crippen molar-refractivity contribution in [3.8, 4) is 0 Å². The van der Waals surface area contributed by atoms with Crippen LogP contribution >= 0.6 is 22.9 Å². The molecule has 2 rings (SSSR count). The summed E-state index contributed by atoms with van der Waals surface area (Å²) in [6, 6.07) is 8.23. The van der Waals surface area contributed by atoms with Gasteiger partial charge in [-0.1, -0.05) is 30.7 Å². The molecule has 0 radical (unpaired) electrons. The van der Waals surface area contributed by atoms with Gasteiger partial charge in [-0.3, -0.25) is 0 Å². The highest BCUT2D eigenvalue weighted by Crippen LogP contribution is 2.29. The van der Waals surface area contributed by atoms with Crippen molar-refractivity contribution in [3.05, 3.63) is 45.9 Å². The molecule has 108 valence electrons. The molecule has 20 heavy (non-hydrogen) atoms. The monoisotopic (exact) mass is 309 g/mol. The van der Waals surface area contributed by atoms with E-state index in [1.165, 1.54) is 10.4 Å². The molecule has 1 unspecified atom stereocenters. The lowest BCUT2D eigenvalue weighted by Crippen LogP contribution is -2.21. The zero-order valence-electron chi connectivity index (χ0n) is 12.1. The van der Waals surface area contributed by atoms with Gasteiger partial charge in [-0.2, -0.15) is 0 Å². The molecule has 0 aliphatic carbocycles. The number of halogens is 1. The Morgan fingerprint density at radius 1 is 1.45 bits per heavy atom. The number of nitrogens with one attached hydrogen (secondary N) is 1. The quantitative estimate of drug-likeness (QED) is 0.870. The molecular formula is C15H20ClN3S. The van der Waals surface area contributed by atoms with Crippen LogP contribution in [0.15, 0.2) is 30.5 Å². The molecule has 3 nitrogen and oxygen atoms in total. The molecule has 0 fully saturated rings. The lowest BCUT2D eigenvalue weighted by molar-refractivity contribution is 0.733. The second kappa shape index (κ2) is 7.07. The number of aromatic nitrogens is 1. The summed E-state index contributed by atoms with van der Waals surface area (Å²) in [5, 5.41) is 5.13. The summed E-state index contributed by atoms with van der Waals surface area (Å²) in [5.41, 5.74) is 1.20. The van der Waals surface area contributed by atoms with E-state index in [9.17, 15) is 0 Å². The second-order valence-electron chi connectivity index (χ2n) is 4.73. The third kappa shape index (κ3) is 3.72. The number of anilines is 1. The molecule has 0 spiro atoms. The first-order valence-electron chi connectivity index (χ1n) is 6.75. The van der Waals surface area contributed by atoms with Crippen molar-refractivity contribution in [3.63, 3.8) is 0 Å². The first kappa shape index (κ1) is 15.3. The molecule has 1 N–H and O–H groups in total. The number of hydrogen-bond donors (Lipinski definition) is 1. The van der Waals surface area contributed by atoms with E-state index < -0.39 is 0 Å². The maximum Gasteiger partial charge on any atom is 0.185 e. The molecule has 1 aromatic carbocycles. The fraction of sp³-hybridized carbons (Fsp3) is 0.400. The molecule has 0 saturated heterocycles. The van der Waals surface area contributed by atoms with E-state index >= 15 is 0 Å². The van der Waals surface area contributed by atoms with E-state index in [4.69, 9.17) is 11.6 Å². The Morgan fingerprint density at radius 3 is 2.95 bits per heavy atom. The van der Waals surface area contributed by atoms with Crippen LogP contribution in [-0.2, 0) is 6.54 Å². The van der Waals surface area contributed by atoms with Crippen molar-refractivity contribution >= 4 is 28.1 Å². The first-order valence-corrected chi connectivity index (χ1v) is 7.95. The average molecular weight is 310 g/mol. The Labute approximate surface area is 129 Å². The lowest BCUT2D eigenvalue weighted by atomic mass is 10.1. The molecule has 1 atom stereocenters. The number of thiazole rings is 1. The predicted molar refractivity (Wildman–Crippen MR) is 87.8 cm³/mol. The second-order valence-corrected chi connectivity index (χ2v) is 6.26. The Morgan fingerprint density at radius 2 is 2.25 bits per heavy atom. The minimum absolute atomic E-state index is 0.242. The Bertz CT molecular complexity index is 556. The van der Waals surface area contributed by atoms with E-state index in [-0.39, 0.29) is 6.04 Å². The van der Waals surface area contributed by atoms with Gasteiger partial charge >= 0.3 is 0 Å². The molecule has 1 heterocycles. The molecule has 0 aliphatic heterocycles. The van der Waals surface area contributed by atoms with Gasteiger partial charge in [0.25, 0.3) is 0 Å². The van der Waals surface area contributed by atoms with Crippen molar-refractivity contribution < 1.29 is 0 Å². The molecule has 0 saturated carbocycles. The number of nitrogens with zero attached hydrogens (tertiary/aromatic N) is 2. The molecule has 0 amide bonds. The van der Waals surface area contributed by atoms with Gasteiger partial charge in [0.05, 0.1) is 6.04 Å². The van der Waals surface area contributed by atoms with Crippen LogP contribution in [0.2, 0.25) is 5.02 Å². The minimum Gasteiger partial charge on any atom is -0.344 e. The zero-order valence-corrected chi connectivity index (χ0v) is 13.6. The van der Waals surface area contributed by atoms with E-state index in [1.807, 2.05) is 24.4 Å². The normalized spacial score (nSPS) is 12.4. The highest BCUT2D eigenvalue weighted by molar-refractivity contribution is 7.15. The van der Waals surface area contributed by atoms with Gasteiger partial charge < -0.3 is 10.2 Å². The topological polar surface area (TPSA) is 28.2 Å². The van der Waals surface area contributed by atoms with Gasteiger partial charge in [0.2, 0.25) is 0 Å². The fourth-order valence-corrected chi connectivity index (χ4v) is 3.07. The van der Waals surface area contributed by atoms with Gasteiger partial charge in [0, 0.05) is 29.7 Å².